The Morgan fingerprint density at radius 2 is 2.00 bits per heavy atom. The molecule has 0 saturated carbocycles. The number of hydrogen-bond donors (Lipinski definition) is 1. The van der Waals surface area contributed by atoms with E-state index in [2.05, 4.69) is 4.98 Å². The van der Waals surface area contributed by atoms with Crippen LogP contribution < -0.4 is 4.74 Å². The second-order valence-corrected chi connectivity index (χ2v) is 5.41. The molecule has 90 valence electrons. The summed E-state index contributed by atoms with van der Waals surface area (Å²) in [6, 6.07) is 7.76. The predicted octanol–water partition coefficient (Wildman–Crippen LogP) is 3.51. The lowest BCUT2D eigenvalue weighted by atomic mass is 9.92. The van der Waals surface area contributed by atoms with Crippen molar-refractivity contribution in [1.82, 2.24) is 4.98 Å². The first-order valence-corrected chi connectivity index (χ1v) is 5.72. The number of rotatable bonds is 2. The van der Waals surface area contributed by atoms with Crippen molar-refractivity contribution < 1.29 is 9.53 Å². The average molecular weight is 231 g/mol. The number of aromatic amines is 1. The molecule has 0 fully saturated rings. The lowest BCUT2D eigenvalue weighted by Gasteiger charge is -2.16. The molecule has 1 aromatic carbocycles. The Morgan fingerprint density at radius 3 is 2.71 bits per heavy atom. The number of carbonyl (C=O) groups excluding carboxylic acids is 1. The summed E-state index contributed by atoms with van der Waals surface area (Å²) in [6.07, 6.45) is 2.14. The van der Waals surface area contributed by atoms with Crippen LogP contribution in [0, 0.1) is 5.41 Å². The summed E-state index contributed by atoms with van der Waals surface area (Å²) in [4.78, 5) is 14.8. The van der Waals surface area contributed by atoms with Gasteiger partial charge in [0.1, 0.15) is 0 Å². The molecule has 1 heterocycles. The summed E-state index contributed by atoms with van der Waals surface area (Å²) in [5.74, 6) is 0.414. The normalized spacial score (nSPS) is 11.7. The average Bonchev–Trinajstić information content (AvgIpc) is 2.59. The van der Waals surface area contributed by atoms with E-state index in [1.807, 2.05) is 45.0 Å². The second-order valence-electron chi connectivity index (χ2n) is 5.41. The van der Waals surface area contributed by atoms with Crippen molar-refractivity contribution in [2.45, 2.75) is 27.2 Å². The molecule has 0 atom stereocenters. The highest BCUT2D eigenvalue weighted by molar-refractivity contribution is 5.88. The molecule has 2 aromatic rings. The molecule has 0 aliphatic heterocycles. The molecule has 0 aliphatic rings. The van der Waals surface area contributed by atoms with E-state index >= 15 is 0 Å². The molecular weight excluding hydrogens is 214 g/mol. The maximum atomic E-state index is 11.7. The number of hydrogen-bond acceptors (Lipinski definition) is 2. The van der Waals surface area contributed by atoms with Gasteiger partial charge in [-0.3, -0.25) is 4.79 Å². The highest BCUT2D eigenvalue weighted by atomic mass is 16.5. The van der Waals surface area contributed by atoms with Gasteiger partial charge in [-0.1, -0.05) is 32.9 Å². The standard InChI is InChI=1S/C14H17NO2/c1-14(2,3)8-13(16)17-12-9-15-11-7-5-4-6-10(11)12/h4-7,9,15H,8H2,1-3H3. The van der Waals surface area contributed by atoms with Gasteiger partial charge in [0.05, 0.1) is 6.42 Å². The molecule has 1 N–H and O–H groups in total. The molecule has 0 radical (unpaired) electrons. The Kier molecular flexibility index (Phi) is 2.92. The topological polar surface area (TPSA) is 42.1 Å². The molecule has 2 rings (SSSR count). The van der Waals surface area contributed by atoms with Gasteiger partial charge in [0.15, 0.2) is 5.75 Å². The molecule has 1 aromatic heterocycles. The Balaban J connectivity index is 2.16. The van der Waals surface area contributed by atoms with Crippen LogP contribution in [0.5, 0.6) is 5.75 Å². The van der Waals surface area contributed by atoms with E-state index in [0.29, 0.717) is 12.2 Å². The van der Waals surface area contributed by atoms with E-state index < -0.39 is 0 Å². The summed E-state index contributed by atoms with van der Waals surface area (Å²) in [6.45, 7) is 6.05. The van der Waals surface area contributed by atoms with Crippen molar-refractivity contribution in [3.8, 4) is 5.75 Å². The first-order valence-electron chi connectivity index (χ1n) is 5.72. The molecule has 0 aliphatic carbocycles. The van der Waals surface area contributed by atoms with Crippen molar-refractivity contribution in [3.63, 3.8) is 0 Å². The van der Waals surface area contributed by atoms with Gasteiger partial charge in [0, 0.05) is 17.1 Å². The second kappa shape index (κ2) is 4.24. The predicted molar refractivity (Wildman–Crippen MR) is 68.0 cm³/mol. The van der Waals surface area contributed by atoms with Crippen molar-refractivity contribution in [2.24, 2.45) is 5.41 Å². The zero-order valence-electron chi connectivity index (χ0n) is 10.4. The third kappa shape index (κ3) is 2.87. The third-order valence-electron chi connectivity index (χ3n) is 2.45. The van der Waals surface area contributed by atoms with Crippen LogP contribution in [-0.4, -0.2) is 11.0 Å². The fourth-order valence-electron chi connectivity index (χ4n) is 1.72. The van der Waals surface area contributed by atoms with E-state index in [1.165, 1.54) is 0 Å². The van der Waals surface area contributed by atoms with Gasteiger partial charge < -0.3 is 9.72 Å². The zero-order valence-corrected chi connectivity index (χ0v) is 10.4. The van der Waals surface area contributed by atoms with Gasteiger partial charge in [0.2, 0.25) is 0 Å². The number of benzene rings is 1. The summed E-state index contributed by atoms with van der Waals surface area (Å²) in [5.41, 5.74) is 0.925. The van der Waals surface area contributed by atoms with Gasteiger partial charge in [0.25, 0.3) is 0 Å². The maximum absolute atomic E-state index is 11.7. The molecule has 0 bridgehead atoms. The lowest BCUT2D eigenvalue weighted by Crippen LogP contribution is -2.17. The van der Waals surface area contributed by atoms with Gasteiger partial charge in [-0.2, -0.15) is 0 Å². The number of esters is 1. The maximum Gasteiger partial charge on any atom is 0.311 e. The van der Waals surface area contributed by atoms with Gasteiger partial charge >= 0.3 is 5.97 Å². The first-order chi connectivity index (χ1) is 7.96. The third-order valence-corrected chi connectivity index (χ3v) is 2.45. The van der Waals surface area contributed by atoms with Crippen LogP contribution in [0.15, 0.2) is 30.5 Å². The lowest BCUT2D eigenvalue weighted by molar-refractivity contribution is -0.136. The van der Waals surface area contributed by atoms with Gasteiger partial charge in [-0.05, 0) is 17.5 Å². The molecule has 3 heteroatoms. The van der Waals surface area contributed by atoms with Crippen molar-refractivity contribution in [3.05, 3.63) is 30.5 Å². The van der Waals surface area contributed by atoms with E-state index in [1.54, 1.807) is 6.20 Å². The molecule has 0 unspecified atom stereocenters. The van der Waals surface area contributed by atoms with E-state index in [-0.39, 0.29) is 11.4 Å². The minimum Gasteiger partial charge on any atom is -0.424 e. The van der Waals surface area contributed by atoms with Crippen molar-refractivity contribution >= 4 is 16.9 Å². The highest BCUT2D eigenvalue weighted by Gasteiger charge is 2.18. The Hall–Kier alpha value is -1.77. The smallest absolute Gasteiger partial charge is 0.311 e. The Morgan fingerprint density at radius 1 is 1.29 bits per heavy atom. The number of carbonyl (C=O) groups is 1. The van der Waals surface area contributed by atoms with E-state index in [0.717, 1.165) is 10.9 Å². The number of fused-ring (bicyclic) bond motifs is 1. The number of H-pyrrole nitrogens is 1. The number of ether oxygens (including phenoxy) is 1. The Labute approximate surface area is 101 Å². The quantitative estimate of drug-likeness (QED) is 0.803. The minimum absolute atomic E-state index is 0.0524. The van der Waals surface area contributed by atoms with Gasteiger partial charge in [-0.25, -0.2) is 0 Å². The minimum atomic E-state index is -0.192. The summed E-state index contributed by atoms with van der Waals surface area (Å²) >= 11 is 0. The van der Waals surface area contributed by atoms with Gasteiger partial charge in [-0.15, -0.1) is 0 Å². The van der Waals surface area contributed by atoms with Crippen LogP contribution in [0.4, 0.5) is 0 Å². The molecule has 17 heavy (non-hydrogen) atoms. The largest absolute Gasteiger partial charge is 0.424 e. The number of para-hydroxylation sites is 1. The zero-order chi connectivity index (χ0) is 12.5. The molecule has 0 spiro atoms. The Bertz CT molecular complexity index is 534. The summed E-state index contributed by atoms with van der Waals surface area (Å²) in [5, 5.41) is 0.940. The molecule has 3 nitrogen and oxygen atoms in total. The van der Waals surface area contributed by atoms with Crippen molar-refractivity contribution in [2.75, 3.05) is 0 Å². The first kappa shape index (κ1) is 11.7. The fraction of sp³-hybridized carbons (Fsp3) is 0.357. The SMILES string of the molecule is CC(C)(C)CC(=O)Oc1c[nH]c2ccccc12. The highest BCUT2D eigenvalue weighted by Crippen LogP contribution is 2.26. The van der Waals surface area contributed by atoms with Crippen LogP contribution in [0.1, 0.15) is 27.2 Å². The molecule has 0 saturated heterocycles. The monoisotopic (exact) mass is 231 g/mol. The van der Waals surface area contributed by atoms with Crippen LogP contribution in [0.2, 0.25) is 0 Å². The summed E-state index contributed by atoms with van der Waals surface area (Å²) < 4.78 is 5.37. The van der Waals surface area contributed by atoms with Crippen LogP contribution in [0.25, 0.3) is 10.9 Å². The number of nitrogens with one attached hydrogen (secondary N) is 1. The van der Waals surface area contributed by atoms with Crippen LogP contribution in [-0.2, 0) is 4.79 Å². The number of aromatic nitrogens is 1. The van der Waals surface area contributed by atoms with Crippen LogP contribution in [0.3, 0.4) is 0 Å². The fourth-order valence-corrected chi connectivity index (χ4v) is 1.72. The molecule has 0 amide bonds. The molecular formula is C14H17NO2. The summed E-state index contributed by atoms with van der Waals surface area (Å²) in [7, 11) is 0. The van der Waals surface area contributed by atoms with E-state index in [9.17, 15) is 4.79 Å². The van der Waals surface area contributed by atoms with Crippen LogP contribution >= 0.6 is 0 Å². The van der Waals surface area contributed by atoms with Crippen molar-refractivity contribution in [1.29, 1.82) is 0 Å². The van der Waals surface area contributed by atoms with E-state index in [4.69, 9.17) is 4.74 Å².